The largest absolute Gasteiger partial charge is 0.480 e. The maximum atomic E-state index is 10.8. The van der Waals surface area contributed by atoms with E-state index in [-0.39, 0.29) is 0 Å². The summed E-state index contributed by atoms with van der Waals surface area (Å²) >= 11 is 5.07. The molecular weight excluding hydrogens is 292 g/mol. The van der Waals surface area contributed by atoms with Gasteiger partial charge in [-0.2, -0.15) is 0 Å². The van der Waals surface area contributed by atoms with Gasteiger partial charge in [0, 0.05) is 18.0 Å². The van der Waals surface area contributed by atoms with Crippen molar-refractivity contribution in [3.05, 3.63) is 20.8 Å². The van der Waals surface area contributed by atoms with Crippen LogP contribution in [0.25, 0.3) is 0 Å². The second-order valence-electron chi connectivity index (χ2n) is 3.58. The van der Waals surface area contributed by atoms with Crippen LogP contribution in [0.4, 0.5) is 0 Å². The Hall–Kier alpha value is -0.430. The summed E-state index contributed by atoms with van der Waals surface area (Å²) in [7, 11) is 3.58. The summed E-state index contributed by atoms with van der Waals surface area (Å²) in [5, 5.41) is 11.7. The number of nitrogens with zero attached hydrogens (tertiary/aromatic N) is 1. The minimum absolute atomic E-state index is 0.487. The Morgan fingerprint density at radius 2 is 2.38 bits per heavy atom. The lowest BCUT2D eigenvalue weighted by Crippen LogP contribution is -2.43. The molecule has 2 N–H and O–H groups in total. The molecule has 0 fully saturated rings. The maximum Gasteiger partial charge on any atom is 0.322 e. The van der Waals surface area contributed by atoms with E-state index in [9.17, 15) is 4.79 Å². The Kier molecular flexibility index (Phi) is 5.40. The minimum Gasteiger partial charge on any atom is -0.480 e. The fourth-order valence-corrected chi connectivity index (χ4v) is 2.94. The van der Waals surface area contributed by atoms with E-state index in [2.05, 4.69) is 21.2 Å². The lowest BCUT2D eigenvalue weighted by Gasteiger charge is -2.20. The van der Waals surface area contributed by atoms with E-state index in [1.165, 1.54) is 4.88 Å². The highest BCUT2D eigenvalue weighted by Crippen LogP contribution is 2.22. The average molecular weight is 307 g/mol. The molecule has 0 aliphatic carbocycles. The number of hydrogen-bond donors (Lipinski definition) is 2. The molecule has 0 aromatic carbocycles. The highest BCUT2D eigenvalue weighted by atomic mass is 79.9. The highest BCUT2D eigenvalue weighted by Gasteiger charge is 2.17. The van der Waals surface area contributed by atoms with Gasteiger partial charge in [-0.05, 0) is 42.2 Å². The fraction of sp³-hybridized carbons (Fsp3) is 0.500. The first-order valence-corrected chi connectivity index (χ1v) is 6.46. The van der Waals surface area contributed by atoms with Gasteiger partial charge in [-0.25, -0.2) is 0 Å². The molecular formula is C10H15BrN2O2S. The zero-order valence-corrected chi connectivity index (χ0v) is 11.6. The molecule has 6 heteroatoms. The van der Waals surface area contributed by atoms with Gasteiger partial charge in [-0.15, -0.1) is 11.3 Å². The summed E-state index contributed by atoms with van der Waals surface area (Å²) in [5.41, 5.74) is 0. The summed E-state index contributed by atoms with van der Waals surface area (Å²) in [5.74, 6) is -0.818. The number of halogens is 1. The van der Waals surface area contributed by atoms with Crippen molar-refractivity contribution in [2.75, 3.05) is 20.6 Å². The van der Waals surface area contributed by atoms with Gasteiger partial charge in [0.25, 0.3) is 0 Å². The Morgan fingerprint density at radius 3 is 2.81 bits per heavy atom. The molecule has 0 amide bonds. The lowest BCUT2D eigenvalue weighted by atomic mass is 10.3. The summed E-state index contributed by atoms with van der Waals surface area (Å²) in [6, 6.07) is 3.52. The Labute approximate surface area is 107 Å². The number of nitrogens with one attached hydrogen (secondary N) is 1. The number of carboxylic acid groups (broad SMARTS) is 1. The molecule has 0 aliphatic rings. The average Bonchev–Trinajstić information content (AvgIpc) is 2.60. The molecule has 1 rings (SSSR count). The van der Waals surface area contributed by atoms with Crippen molar-refractivity contribution in [3.63, 3.8) is 0 Å². The smallest absolute Gasteiger partial charge is 0.322 e. The zero-order valence-electron chi connectivity index (χ0n) is 9.24. The van der Waals surface area contributed by atoms with E-state index >= 15 is 0 Å². The number of hydrogen-bond acceptors (Lipinski definition) is 4. The molecule has 16 heavy (non-hydrogen) atoms. The van der Waals surface area contributed by atoms with Gasteiger partial charge < -0.3 is 10.4 Å². The molecule has 1 unspecified atom stereocenters. The standard InChI is InChI=1S/C10H15BrN2O2S/c1-12-8(10(14)15)6-13(2)5-7-3-4-9(11)16-7/h3-4,8,12H,5-6H2,1-2H3,(H,14,15). The fourth-order valence-electron chi connectivity index (χ4n) is 1.37. The van der Waals surface area contributed by atoms with Gasteiger partial charge in [0.2, 0.25) is 0 Å². The van der Waals surface area contributed by atoms with Crippen molar-refractivity contribution >= 4 is 33.2 Å². The minimum atomic E-state index is -0.818. The third kappa shape index (κ3) is 4.21. The van der Waals surface area contributed by atoms with Crippen LogP contribution in [0.3, 0.4) is 0 Å². The second kappa shape index (κ2) is 6.34. The molecule has 0 saturated heterocycles. The summed E-state index contributed by atoms with van der Waals surface area (Å²) in [4.78, 5) is 14.0. The van der Waals surface area contributed by atoms with E-state index in [1.807, 2.05) is 24.1 Å². The molecule has 0 bridgehead atoms. The van der Waals surface area contributed by atoms with Crippen molar-refractivity contribution in [2.24, 2.45) is 0 Å². The van der Waals surface area contributed by atoms with Crippen molar-refractivity contribution in [1.82, 2.24) is 10.2 Å². The molecule has 1 aromatic rings. The van der Waals surface area contributed by atoms with Crippen molar-refractivity contribution in [1.29, 1.82) is 0 Å². The van der Waals surface area contributed by atoms with E-state index in [4.69, 9.17) is 5.11 Å². The molecule has 0 saturated carbocycles. The molecule has 1 aromatic heterocycles. The summed E-state index contributed by atoms with van der Waals surface area (Å²) in [6.07, 6.45) is 0. The Balaban J connectivity index is 2.46. The predicted octanol–water partition coefficient (Wildman–Crippen LogP) is 1.61. The molecule has 0 aliphatic heterocycles. The number of carboxylic acids is 1. The summed E-state index contributed by atoms with van der Waals surface area (Å²) in [6.45, 7) is 1.25. The first-order chi connectivity index (χ1) is 7.52. The van der Waals surface area contributed by atoms with Crippen LogP contribution in [-0.4, -0.2) is 42.7 Å². The van der Waals surface area contributed by atoms with Crippen molar-refractivity contribution in [3.8, 4) is 0 Å². The molecule has 4 nitrogen and oxygen atoms in total. The van der Waals surface area contributed by atoms with Gasteiger partial charge >= 0.3 is 5.97 Å². The molecule has 1 atom stereocenters. The van der Waals surface area contributed by atoms with Crippen LogP contribution in [-0.2, 0) is 11.3 Å². The van der Waals surface area contributed by atoms with Crippen molar-refractivity contribution in [2.45, 2.75) is 12.6 Å². The van der Waals surface area contributed by atoms with Crippen LogP contribution in [0.2, 0.25) is 0 Å². The number of rotatable bonds is 6. The van der Waals surface area contributed by atoms with Crippen LogP contribution >= 0.6 is 27.3 Å². The van der Waals surface area contributed by atoms with Gasteiger partial charge in [-0.1, -0.05) is 0 Å². The number of carbonyl (C=O) groups is 1. The van der Waals surface area contributed by atoms with E-state index in [1.54, 1.807) is 18.4 Å². The SMILES string of the molecule is CNC(CN(C)Cc1ccc(Br)s1)C(=O)O. The van der Waals surface area contributed by atoms with Crippen LogP contribution in [0.1, 0.15) is 4.88 Å². The van der Waals surface area contributed by atoms with Gasteiger partial charge in [0.1, 0.15) is 6.04 Å². The predicted molar refractivity (Wildman–Crippen MR) is 68.8 cm³/mol. The van der Waals surface area contributed by atoms with Crippen LogP contribution < -0.4 is 5.32 Å². The Bertz CT molecular complexity index is 356. The number of aliphatic carboxylic acids is 1. The van der Waals surface area contributed by atoms with Gasteiger partial charge in [0.05, 0.1) is 3.79 Å². The topological polar surface area (TPSA) is 52.6 Å². The molecule has 0 spiro atoms. The number of likely N-dealkylation sites (N-methyl/N-ethyl adjacent to an activating group) is 2. The molecule has 0 radical (unpaired) electrons. The second-order valence-corrected chi connectivity index (χ2v) is 6.13. The van der Waals surface area contributed by atoms with Gasteiger partial charge in [0.15, 0.2) is 0 Å². The Morgan fingerprint density at radius 1 is 1.69 bits per heavy atom. The van der Waals surface area contributed by atoms with Gasteiger partial charge in [-0.3, -0.25) is 9.69 Å². The first-order valence-electron chi connectivity index (χ1n) is 4.85. The maximum absolute atomic E-state index is 10.8. The van der Waals surface area contributed by atoms with Crippen LogP contribution in [0.15, 0.2) is 15.9 Å². The summed E-state index contributed by atoms with van der Waals surface area (Å²) < 4.78 is 1.10. The molecule has 90 valence electrons. The number of thiophene rings is 1. The quantitative estimate of drug-likeness (QED) is 0.838. The van der Waals surface area contributed by atoms with Crippen molar-refractivity contribution < 1.29 is 9.90 Å². The first kappa shape index (κ1) is 13.6. The van der Waals surface area contributed by atoms with Crippen LogP contribution in [0.5, 0.6) is 0 Å². The third-order valence-electron chi connectivity index (χ3n) is 2.20. The molecule has 1 heterocycles. The third-order valence-corrected chi connectivity index (χ3v) is 3.80. The van der Waals surface area contributed by atoms with E-state index < -0.39 is 12.0 Å². The lowest BCUT2D eigenvalue weighted by molar-refractivity contribution is -0.139. The van der Waals surface area contributed by atoms with Crippen LogP contribution in [0, 0.1) is 0 Å². The monoisotopic (exact) mass is 306 g/mol. The van der Waals surface area contributed by atoms with E-state index in [0.29, 0.717) is 6.54 Å². The van der Waals surface area contributed by atoms with E-state index in [0.717, 1.165) is 10.3 Å². The zero-order chi connectivity index (χ0) is 12.1. The normalized spacial score (nSPS) is 13.0. The highest BCUT2D eigenvalue weighted by molar-refractivity contribution is 9.11.